The molecule has 1 aromatic heterocycles. The summed E-state index contributed by atoms with van der Waals surface area (Å²) in [4.78, 5) is 13.2. The Bertz CT molecular complexity index is 334. The number of carbonyl (C=O) groups excluding carboxylic acids is 1. The summed E-state index contributed by atoms with van der Waals surface area (Å²) in [6, 6.07) is 2.02. The van der Waals surface area contributed by atoms with E-state index in [1.807, 2.05) is 18.4 Å². The van der Waals surface area contributed by atoms with E-state index in [0.29, 0.717) is 5.78 Å². The molecule has 1 nitrogen and oxygen atoms in total. The summed E-state index contributed by atoms with van der Waals surface area (Å²) in [5, 5.41) is 1.99. The van der Waals surface area contributed by atoms with Crippen molar-refractivity contribution < 1.29 is 4.79 Å². The first kappa shape index (κ1) is 8.95. The molecule has 1 fully saturated rings. The number of thiophene rings is 1. The normalized spacial score (nSPS) is 18.6. The Morgan fingerprint density at radius 2 is 2.31 bits per heavy atom. The summed E-state index contributed by atoms with van der Waals surface area (Å²) in [5.74, 6) is 0.374. The maximum absolute atomic E-state index is 12.0. The first-order valence-electron chi connectivity index (χ1n) is 4.78. The van der Waals surface area contributed by atoms with Gasteiger partial charge in [0.05, 0.1) is 0 Å². The fourth-order valence-electron chi connectivity index (χ4n) is 1.76. The van der Waals surface area contributed by atoms with E-state index in [1.165, 1.54) is 4.88 Å². The molecule has 2 rings (SSSR count). The van der Waals surface area contributed by atoms with E-state index in [1.54, 1.807) is 11.3 Å². The van der Waals surface area contributed by atoms with Gasteiger partial charge in [-0.25, -0.2) is 0 Å². The van der Waals surface area contributed by atoms with Crippen molar-refractivity contribution in [3.63, 3.8) is 0 Å². The van der Waals surface area contributed by atoms with E-state index in [2.05, 4.69) is 6.92 Å². The van der Waals surface area contributed by atoms with Crippen LogP contribution in [0.1, 0.15) is 41.4 Å². The number of Topliss-reactive ketones (excluding diaryl/α,β-unsaturated/α-hetero) is 1. The molecule has 0 amide bonds. The molecule has 13 heavy (non-hydrogen) atoms. The van der Waals surface area contributed by atoms with Gasteiger partial charge in [0.2, 0.25) is 0 Å². The van der Waals surface area contributed by atoms with Crippen LogP contribution in [-0.2, 0) is 0 Å². The average Bonchev–Trinajstić information content (AvgIpc) is 2.82. The molecule has 1 aliphatic carbocycles. The Labute approximate surface area is 82.8 Å². The second-order valence-corrected chi connectivity index (χ2v) is 5.02. The van der Waals surface area contributed by atoms with E-state index >= 15 is 0 Å². The minimum Gasteiger partial charge on any atom is -0.294 e. The third kappa shape index (κ3) is 1.44. The predicted octanol–water partition coefficient (Wildman–Crippen LogP) is 3.43. The van der Waals surface area contributed by atoms with Crippen LogP contribution in [0.3, 0.4) is 0 Å². The fraction of sp³-hybridized carbons (Fsp3) is 0.545. The van der Waals surface area contributed by atoms with Crippen molar-refractivity contribution in [2.24, 2.45) is 5.41 Å². The Kier molecular flexibility index (Phi) is 2.03. The van der Waals surface area contributed by atoms with Gasteiger partial charge in [0, 0.05) is 21.2 Å². The molecule has 1 heterocycles. The molecule has 0 radical (unpaired) electrons. The van der Waals surface area contributed by atoms with Crippen molar-refractivity contribution >= 4 is 17.1 Å². The van der Waals surface area contributed by atoms with Crippen LogP contribution < -0.4 is 0 Å². The highest BCUT2D eigenvalue weighted by atomic mass is 32.1. The largest absolute Gasteiger partial charge is 0.294 e. The van der Waals surface area contributed by atoms with Crippen molar-refractivity contribution in [2.75, 3.05) is 0 Å². The number of rotatable bonds is 3. The van der Waals surface area contributed by atoms with E-state index in [0.717, 1.165) is 24.8 Å². The minimum absolute atomic E-state index is 0.0352. The minimum atomic E-state index is 0.0352. The highest BCUT2D eigenvalue weighted by Crippen LogP contribution is 2.51. The van der Waals surface area contributed by atoms with Gasteiger partial charge in [-0.05, 0) is 32.3 Å². The van der Waals surface area contributed by atoms with Crippen LogP contribution in [-0.4, -0.2) is 5.78 Å². The van der Waals surface area contributed by atoms with Crippen molar-refractivity contribution in [1.29, 1.82) is 0 Å². The molecule has 0 unspecified atom stereocenters. The smallest absolute Gasteiger partial charge is 0.169 e. The number of ketones is 1. The molecule has 0 saturated heterocycles. The number of hydrogen-bond acceptors (Lipinski definition) is 2. The van der Waals surface area contributed by atoms with E-state index in [-0.39, 0.29) is 5.41 Å². The van der Waals surface area contributed by atoms with Gasteiger partial charge in [-0.3, -0.25) is 4.79 Å². The number of carbonyl (C=O) groups is 1. The lowest BCUT2D eigenvalue weighted by Crippen LogP contribution is -2.13. The third-order valence-corrected chi connectivity index (χ3v) is 3.87. The van der Waals surface area contributed by atoms with Crippen LogP contribution in [0.2, 0.25) is 0 Å². The summed E-state index contributed by atoms with van der Waals surface area (Å²) in [7, 11) is 0. The van der Waals surface area contributed by atoms with Crippen LogP contribution in [0, 0.1) is 12.3 Å². The molecule has 1 saturated carbocycles. The Morgan fingerprint density at radius 1 is 1.62 bits per heavy atom. The van der Waals surface area contributed by atoms with Crippen LogP contribution in [0.5, 0.6) is 0 Å². The Morgan fingerprint density at radius 3 is 2.69 bits per heavy atom. The molecule has 0 spiro atoms. The Balaban J connectivity index is 2.23. The number of aryl methyl sites for hydroxylation is 1. The number of hydrogen-bond donors (Lipinski definition) is 0. The predicted molar refractivity (Wildman–Crippen MR) is 55.3 cm³/mol. The summed E-state index contributed by atoms with van der Waals surface area (Å²) in [5.41, 5.74) is 0.968. The summed E-state index contributed by atoms with van der Waals surface area (Å²) < 4.78 is 0. The zero-order valence-corrected chi connectivity index (χ0v) is 8.91. The molecular weight excluding hydrogens is 180 g/mol. The molecule has 0 aliphatic heterocycles. The second kappa shape index (κ2) is 2.95. The summed E-state index contributed by atoms with van der Waals surface area (Å²) in [6.07, 6.45) is 3.19. The molecule has 70 valence electrons. The molecule has 1 aromatic rings. The molecule has 0 aromatic carbocycles. The zero-order valence-electron chi connectivity index (χ0n) is 8.09. The van der Waals surface area contributed by atoms with E-state index < -0.39 is 0 Å². The first-order chi connectivity index (χ1) is 6.18. The fourth-order valence-corrected chi connectivity index (χ4v) is 2.44. The standard InChI is InChI=1S/C11H14OS/c1-3-11(4-5-11)10(12)9-6-8(2)13-7-9/h6-7H,3-5H2,1-2H3. The maximum Gasteiger partial charge on any atom is 0.169 e. The van der Waals surface area contributed by atoms with Crippen LogP contribution in [0.15, 0.2) is 11.4 Å². The monoisotopic (exact) mass is 194 g/mol. The van der Waals surface area contributed by atoms with Gasteiger partial charge in [0.1, 0.15) is 0 Å². The molecule has 0 bridgehead atoms. The van der Waals surface area contributed by atoms with Gasteiger partial charge >= 0.3 is 0 Å². The van der Waals surface area contributed by atoms with Gasteiger partial charge in [-0.1, -0.05) is 6.92 Å². The topological polar surface area (TPSA) is 17.1 Å². The van der Waals surface area contributed by atoms with E-state index in [9.17, 15) is 4.79 Å². The SMILES string of the molecule is CCC1(C(=O)c2csc(C)c2)CC1. The third-order valence-electron chi connectivity index (χ3n) is 3.00. The highest BCUT2D eigenvalue weighted by Gasteiger charge is 2.47. The quantitative estimate of drug-likeness (QED) is 0.674. The molecule has 0 atom stereocenters. The Hall–Kier alpha value is -0.630. The van der Waals surface area contributed by atoms with Crippen LogP contribution in [0.25, 0.3) is 0 Å². The average molecular weight is 194 g/mol. The summed E-state index contributed by atoms with van der Waals surface area (Å²) in [6.45, 7) is 4.16. The lowest BCUT2D eigenvalue weighted by atomic mass is 9.94. The molecule has 0 N–H and O–H groups in total. The summed E-state index contributed by atoms with van der Waals surface area (Å²) >= 11 is 1.67. The van der Waals surface area contributed by atoms with Crippen molar-refractivity contribution in [3.05, 3.63) is 21.9 Å². The van der Waals surface area contributed by atoms with Crippen molar-refractivity contribution in [1.82, 2.24) is 0 Å². The van der Waals surface area contributed by atoms with Gasteiger partial charge in [-0.2, -0.15) is 0 Å². The van der Waals surface area contributed by atoms with Crippen LogP contribution in [0.4, 0.5) is 0 Å². The van der Waals surface area contributed by atoms with Gasteiger partial charge in [-0.15, -0.1) is 11.3 Å². The molecule has 2 heteroatoms. The van der Waals surface area contributed by atoms with Gasteiger partial charge in [0.25, 0.3) is 0 Å². The van der Waals surface area contributed by atoms with Crippen LogP contribution >= 0.6 is 11.3 Å². The zero-order chi connectivity index (χ0) is 9.47. The maximum atomic E-state index is 12.0. The van der Waals surface area contributed by atoms with E-state index in [4.69, 9.17) is 0 Å². The molecule has 1 aliphatic rings. The lowest BCUT2D eigenvalue weighted by molar-refractivity contribution is 0.0897. The highest BCUT2D eigenvalue weighted by molar-refractivity contribution is 7.10. The van der Waals surface area contributed by atoms with Crippen molar-refractivity contribution in [3.8, 4) is 0 Å². The molecular formula is C11H14OS. The van der Waals surface area contributed by atoms with Crippen molar-refractivity contribution in [2.45, 2.75) is 33.1 Å². The van der Waals surface area contributed by atoms with Gasteiger partial charge < -0.3 is 0 Å². The first-order valence-corrected chi connectivity index (χ1v) is 5.66. The van der Waals surface area contributed by atoms with Gasteiger partial charge in [0.15, 0.2) is 5.78 Å². The second-order valence-electron chi connectivity index (χ2n) is 3.91. The lowest BCUT2D eigenvalue weighted by Gasteiger charge is -2.08.